The Morgan fingerprint density at radius 2 is 1.97 bits per heavy atom. The highest BCUT2D eigenvalue weighted by molar-refractivity contribution is 7.15. The standard InChI is InChI=1S/C24H18ClN3O3S/c1-2-12-30-18-8-6-15(7-9-18)22-26-24-28(27-22)23(29)21(32-24)14-19-10-11-20(31-19)16-4-3-5-17(25)13-16/h3-11,13-14H,2,12H2,1H3. The largest absolute Gasteiger partial charge is 0.494 e. The summed E-state index contributed by atoms with van der Waals surface area (Å²) >= 11 is 7.33. The number of hydrogen-bond donors (Lipinski definition) is 0. The fraction of sp³-hybridized carbons (Fsp3) is 0.125. The van der Waals surface area contributed by atoms with E-state index in [9.17, 15) is 4.79 Å². The number of nitrogens with zero attached hydrogens (tertiary/aromatic N) is 3. The van der Waals surface area contributed by atoms with Crippen LogP contribution in [0.2, 0.25) is 5.02 Å². The first kappa shape index (κ1) is 20.5. The van der Waals surface area contributed by atoms with E-state index in [2.05, 4.69) is 17.0 Å². The van der Waals surface area contributed by atoms with Gasteiger partial charge in [-0.25, -0.2) is 0 Å². The molecule has 6 nitrogen and oxygen atoms in total. The third-order valence-electron chi connectivity index (χ3n) is 4.78. The van der Waals surface area contributed by atoms with E-state index in [1.165, 1.54) is 15.9 Å². The fourth-order valence-corrected chi connectivity index (χ4v) is 4.31. The highest BCUT2D eigenvalue weighted by atomic mass is 35.5. The van der Waals surface area contributed by atoms with E-state index in [-0.39, 0.29) is 5.56 Å². The van der Waals surface area contributed by atoms with Crippen molar-refractivity contribution < 1.29 is 9.15 Å². The van der Waals surface area contributed by atoms with E-state index in [1.807, 2.05) is 60.7 Å². The molecule has 0 saturated heterocycles. The van der Waals surface area contributed by atoms with Crippen molar-refractivity contribution in [2.45, 2.75) is 13.3 Å². The number of aromatic nitrogens is 3. The van der Waals surface area contributed by atoms with Crippen LogP contribution in [0.3, 0.4) is 0 Å². The van der Waals surface area contributed by atoms with Crippen LogP contribution in [0.25, 0.3) is 33.7 Å². The molecule has 0 radical (unpaired) electrons. The van der Waals surface area contributed by atoms with Gasteiger partial charge >= 0.3 is 0 Å². The second-order valence-electron chi connectivity index (χ2n) is 7.13. The molecule has 5 rings (SSSR count). The van der Waals surface area contributed by atoms with E-state index >= 15 is 0 Å². The molecule has 3 heterocycles. The summed E-state index contributed by atoms with van der Waals surface area (Å²) in [7, 11) is 0. The third-order valence-corrected chi connectivity index (χ3v) is 5.97. The first-order valence-corrected chi connectivity index (χ1v) is 11.3. The van der Waals surface area contributed by atoms with Crippen LogP contribution < -0.4 is 14.8 Å². The SMILES string of the molecule is CCCOc1ccc(-c2nc3sc(=Cc4ccc(-c5cccc(Cl)c5)o4)c(=O)n3n2)cc1. The van der Waals surface area contributed by atoms with E-state index in [0.717, 1.165) is 23.3 Å². The second-order valence-corrected chi connectivity index (χ2v) is 8.58. The average Bonchev–Trinajstić information content (AvgIpc) is 3.50. The first-order valence-electron chi connectivity index (χ1n) is 10.1. The molecule has 2 aromatic carbocycles. The number of thiazole rings is 1. The van der Waals surface area contributed by atoms with Crippen molar-refractivity contribution in [3.8, 4) is 28.5 Å². The highest BCUT2D eigenvalue weighted by Crippen LogP contribution is 2.25. The summed E-state index contributed by atoms with van der Waals surface area (Å²) in [6.07, 6.45) is 2.66. The Morgan fingerprint density at radius 3 is 2.72 bits per heavy atom. The Kier molecular flexibility index (Phi) is 5.51. The molecule has 0 N–H and O–H groups in total. The highest BCUT2D eigenvalue weighted by Gasteiger charge is 2.13. The molecule has 0 aliphatic carbocycles. The Labute approximate surface area is 192 Å². The maximum atomic E-state index is 12.8. The molecule has 5 aromatic rings. The number of furan rings is 1. The molecule has 0 saturated carbocycles. The van der Waals surface area contributed by atoms with Crippen LogP contribution in [0, 0.1) is 0 Å². The van der Waals surface area contributed by atoms with Crippen LogP contribution >= 0.6 is 22.9 Å². The minimum absolute atomic E-state index is 0.229. The summed E-state index contributed by atoms with van der Waals surface area (Å²) in [4.78, 5) is 17.9. The Hall–Kier alpha value is -3.42. The zero-order valence-electron chi connectivity index (χ0n) is 17.1. The molecule has 32 heavy (non-hydrogen) atoms. The van der Waals surface area contributed by atoms with Gasteiger partial charge in [0.1, 0.15) is 21.8 Å². The summed E-state index contributed by atoms with van der Waals surface area (Å²) in [6.45, 7) is 2.74. The van der Waals surface area contributed by atoms with Crippen molar-refractivity contribution in [1.82, 2.24) is 14.6 Å². The normalized spacial score (nSPS) is 12.0. The molecule has 0 spiro atoms. The third kappa shape index (κ3) is 4.04. The number of hydrogen-bond acceptors (Lipinski definition) is 6. The van der Waals surface area contributed by atoms with Crippen molar-refractivity contribution in [2.75, 3.05) is 6.61 Å². The smallest absolute Gasteiger partial charge is 0.291 e. The van der Waals surface area contributed by atoms with Crippen LogP contribution in [0.15, 0.2) is 69.9 Å². The van der Waals surface area contributed by atoms with Gasteiger partial charge in [-0.15, -0.1) is 5.10 Å². The summed E-state index contributed by atoms with van der Waals surface area (Å²) in [5.74, 6) is 2.56. The Morgan fingerprint density at radius 1 is 1.12 bits per heavy atom. The molecule has 160 valence electrons. The zero-order chi connectivity index (χ0) is 22.1. The van der Waals surface area contributed by atoms with Crippen molar-refractivity contribution in [3.63, 3.8) is 0 Å². The van der Waals surface area contributed by atoms with E-state index in [0.29, 0.717) is 38.5 Å². The van der Waals surface area contributed by atoms with Gasteiger partial charge in [0.15, 0.2) is 5.82 Å². The lowest BCUT2D eigenvalue weighted by Crippen LogP contribution is -2.23. The van der Waals surface area contributed by atoms with E-state index in [4.69, 9.17) is 20.8 Å². The predicted molar refractivity (Wildman–Crippen MR) is 126 cm³/mol. The van der Waals surface area contributed by atoms with Crippen LogP contribution in [0.5, 0.6) is 5.75 Å². The summed E-state index contributed by atoms with van der Waals surface area (Å²) < 4.78 is 13.3. The number of ether oxygens (including phenoxy) is 1. The number of benzene rings is 2. The molecule has 0 amide bonds. The molecule has 8 heteroatoms. The maximum absolute atomic E-state index is 12.8. The minimum Gasteiger partial charge on any atom is -0.494 e. The molecular formula is C24H18ClN3O3S. The van der Waals surface area contributed by atoms with Crippen molar-refractivity contribution >= 4 is 34.0 Å². The van der Waals surface area contributed by atoms with Crippen LogP contribution in [-0.4, -0.2) is 21.2 Å². The zero-order valence-corrected chi connectivity index (χ0v) is 18.7. The summed E-state index contributed by atoms with van der Waals surface area (Å²) in [5.41, 5.74) is 1.47. The minimum atomic E-state index is -0.229. The van der Waals surface area contributed by atoms with Crippen LogP contribution in [0.1, 0.15) is 19.1 Å². The Balaban J connectivity index is 1.43. The van der Waals surface area contributed by atoms with Gasteiger partial charge in [0.2, 0.25) is 4.96 Å². The molecule has 0 aliphatic heterocycles. The van der Waals surface area contributed by atoms with Crippen molar-refractivity contribution in [2.24, 2.45) is 0 Å². The van der Waals surface area contributed by atoms with Crippen LogP contribution in [0.4, 0.5) is 0 Å². The van der Waals surface area contributed by atoms with E-state index < -0.39 is 0 Å². The molecule has 0 bridgehead atoms. The second kappa shape index (κ2) is 8.61. The predicted octanol–water partition coefficient (Wildman–Crippen LogP) is 5.07. The van der Waals surface area contributed by atoms with Gasteiger partial charge in [-0.1, -0.05) is 42.0 Å². The maximum Gasteiger partial charge on any atom is 0.291 e. The van der Waals surface area contributed by atoms with E-state index in [1.54, 1.807) is 6.08 Å². The lowest BCUT2D eigenvalue weighted by Gasteiger charge is -2.04. The molecular weight excluding hydrogens is 446 g/mol. The van der Waals surface area contributed by atoms with Crippen LogP contribution in [-0.2, 0) is 0 Å². The monoisotopic (exact) mass is 463 g/mol. The Bertz CT molecular complexity index is 1500. The van der Waals surface area contributed by atoms with Gasteiger partial charge in [-0.3, -0.25) is 4.79 Å². The fourth-order valence-electron chi connectivity index (χ4n) is 3.23. The molecule has 0 fully saturated rings. The summed E-state index contributed by atoms with van der Waals surface area (Å²) in [6, 6.07) is 18.6. The molecule has 0 aliphatic rings. The number of rotatable bonds is 6. The first-order chi connectivity index (χ1) is 15.6. The molecule has 0 unspecified atom stereocenters. The number of fused-ring (bicyclic) bond motifs is 1. The topological polar surface area (TPSA) is 69.6 Å². The van der Waals surface area contributed by atoms with Crippen molar-refractivity contribution in [3.05, 3.63) is 86.3 Å². The van der Waals surface area contributed by atoms with Gasteiger partial charge in [0.25, 0.3) is 5.56 Å². The lowest BCUT2D eigenvalue weighted by atomic mass is 10.2. The van der Waals surface area contributed by atoms with Gasteiger partial charge in [-0.05, 0) is 55.0 Å². The number of halogens is 1. The van der Waals surface area contributed by atoms with Gasteiger partial charge in [-0.2, -0.15) is 9.50 Å². The lowest BCUT2D eigenvalue weighted by molar-refractivity contribution is 0.317. The van der Waals surface area contributed by atoms with Gasteiger partial charge in [0.05, 0.1) is 6.61 Å². The molecule has 0 atom stereocenters. The van der Waals surface area contributed by atoms with Gasteiger partial charge < -0.3 is 9.15 Å². The average molecular weight is 464 g/mol. The molecule has 3 aromatic heterocycles. The quantitative estimate of drug-likeness (QED) is 0.351. The van der Waals surface area contributed by atoms with Crippen molar-refractivity contribution in [1.29, 1.82) is 0 Å². The van der Waals surface area contributed by atoms with Gasteiger partial charge in [0, 0.05) is 22.2 Å². The summed E-state index contributed by atoms with van der Waals surface area (Å²) in [5, 5.41) is 5.03.